The van der Waals surface area contributed by atoms with Crippen LogP contribution >= 0.6 is 22.6 Å². The molecule has 0 aliphatic heterocycles. The van der Waals surface area contributed by atoms with Crippen LogP contribution in [0.1, 0.15) is 19.4 Å². The average molecular weight is 288 g/mol. The molecule has 1 aromatic rings. The van der Waals surface area contributed by atoms with Crippen LogP contribution in [0.3, 0.4) is 0 Å². The molecule has 70 valence electrons. The van der Waals surface area contributed by atoms with Crippen LogP contribution in [0.2, 0.25) is 0 Å². The average Bonchev–Trinajstić information content (AvgIpc) is 2.01. The molecule has 0 saturated heterocycles. The van der Waals surface area contributed by atoms with Crippen LogP contribution in [0.5, 0.6) is 5.75 Å². The zero-order chi connectivity index (χ0) is 9.84. The lowest BCUT2D eigenvalue weighted by Crippen LogP contribution is -2.05. The van der Waals surface area contributed by atoms with E-state index in [0.29, 0.717) is 0 Å². The predicted octanol–water partition coefficient (Wildman–Crippen LogP) is 3.72. The molecule has 1 nitrogen and oxygen atoms in total. The van der Waals surface area contributed by atoms with E-state index in [1.807, 2.05) is 32.1 Å². The van der Waals surface area contributed by atoms with Crippen molar-refractivity contribution in [2.45, 2.75) is 20.0 Å². The summed E-state index contributed by atoms with van der Waals surface area (Å²) < 4.78 is 6.76. The number of halogens is 1. The lowest BCUT2D eigenvalue weighted by molar-refractivity contribution is 0.242. The standard InChI is InChI=1S/C11H13IO/c1-4-9-5-10(12)7-11(6-9)13-8(2)3/h4-8H,1H2,2-3H3. The van der Waals surface area contributed by atoms with Gasteiger partial charge in [-0.05, 0) is 60.2 Å². The molecule has 0 saturated carbocycles. The van der Waals surface area contributed by atoms with Crippen LogP contribution < -0.4 is 4.74 Å². The van der Waals surface area contributed by atoms with Crippen molar-refractivity contribution in [2.24, 2.45) is 0 Å². The molecule has 0 radical (unpaired) electrons. The summed E-state index contributed by atoms with van der Waals surface area (Å²) in [5, 5.41) is 0. The second kappa shape index (κ2) is 4.65. The predicted molar refractivity (Wildman–Crippen MR) is 65.0 cm³/mol. The van der Waals surface area contributed by atoms with Gasteiger partial charge in [-0.2, -0.15) is 0 Å². The third-order valence-corrected chi connectivity index (χ3v) is 2.12. The van der Waals surface area contributed by atoms with E-state index in [9.17, 15) is 0 Å². The molecule has 0 aromatic heterocycles. The highest BCUT2D eigenvalue weighted by Crippen LogP contribution is 2.20. The molecule has 0 aliphatic carbocycles. The first-order chi connectivity index (χ1) is 6.11. The van der Waals surface area contributed by atoms with Crippen molar-refractivity contribution < 1.29 is 4.74 Å². The van der Waals surface area contributed by atoms with Gasteiger partial charge in [0.2, 0.25) is 0 Å². The van der Waals surface area contributed by atoms with Gasteiger partial charge in [0.05, 0.1) is 6.10 Å². The first-order valence-corrected chi connectivity index (χ1v) is 5.29. The van der Waals surface area contributed by atoms with Crippen molar-refractivity contribution in [1.82, 2.24) is 0 Å². The molecule has 0 fully saturated rings. The first-order valence-electron chi connectivity index (χ1n) is 4.21. The fourth-order valence-electron chi connectivity index (χ4n) is 1.04. The molecule has 13 heavy (non-hydrogen) atoms. The first kappa shape index (κ1) is 10.6. The highest BCUT2D eigenvalue weighted by Gasteiger charge is 2.00. The third kappa shape index (κ3) is 3.38. The second-order valence-corrected chi connectivity index (χ2v) is 4.34. The summed E-state index contributed by atoms with van der Waals surface area (Å²) in [7, 11) is 0. The van der Waals surface area contributed by atoms with E-state index in [0.717, 1.165) is 11.3 Å². The lowest BCUT2D eigenvalue weighted by Gasteiger charge is -2.10. The summed E-state index contributed by atoms with van der Waals surface area (Å²) in [6.45, 7) is 7.78. The highest BCUT2D eigenvalue weighted by molar-refractivity contribution is 14.1. The normalized spacial score (nSPS) is 10.2. The van der Waals surface area contributed by atoms with Gasteiger partial charge in [-0.1, -0.05) is 12.7 Å². The maximum Gasteiger partial charge on any atom is 0.121 e. The Kier molecular flexibility index (Phi) is 3.78. The van der Waals surface area contributed by atoms with Crippen molar-refractivity contribution in [3.8, 4) is 5.75 Å². The molecule has 1 rings (SSSR count). The van der Waals surface area contributed by atoms with Crippen LogP contribution in [0.25, 0.3) is 6.08 Å². The van der Waals surface area contributed by atoms with Crippen LogP contribution in [0.15, 0.2) is 24.8 Å². The van der Waals surface area contributed by atoms with Crippen molar-refractivity contribution in [2.75, 3.05) is 0 Å². The zero-order valence-corrected chi connectivity index (χ0v) is 10.0. The summed E-state index contributed by atoms with van der Waals surface area (Å²) in [5.74, 6) is 0.914. The quantitative estimate of drug-likeness (QED) is 0.770. The molecule has 0 heterocycles. The Labute approximate surface area is 92.9 Å². The molecule has 0 aliphatic rings. The fraction of sp³-hybridized carbons (Fsp3) is 0.273. The largest absolute Gasteiger partial charge is 0.491 e. The minimum atomic E-state index is 0.218. The Morgan fingerprint density at radius 3 is 2.62 bits per heavy atom. The maximum absolute atomic E-state index is 5.58. The van der Waals surface area contributed by atoms with Crippen LogP contribution in [0, 0.1) is 3.57 Å². The third-order valence-electron chi connectivity index (χ3n) is 1.50. The number of ether oxygens (including phenoxy) is 1. The Balaban J connectivity index is 2.94. The SMILES string of the molecule is C=Cc1cc(I)cc(OC(C)C)c1. The van der Waals surface area contributed by atoms with Gasteiger partial charge in [-0.3, -0.25) is 0 Å². The topological polar surface area (TPSA) is 9.23 Å². The Hall–Kier alpha value is -0.510. The van der Waals surface area contributed by atoms with Crippen molar-refractivity contribution >= 4 is 28.7 Å². The number of rotatable bonds is 3. The lowest BCUT2D eigenvalue weighted by atomic mass is 10.2. The minimum absolute atomic E-state index is 0.218. The van der Waals surface area contributed by atoms with E-state index in [1.165, 1.54) is 3.57 Å². The molecular weight excluding hydrogens is 275 g/mol. The molecule has 0 spiro atoms. The van der Waals surface area contributed by atoms with Gasteiger partial charge in [0.1, 0.15) is 5.75 Å². The van der Waals surface area contributed by atoms with Gasteiger partial charge >= 0.3 is 0 Å². The van der Waals surface area contributed by atoms with E-state index in [1.54, 1.807) is 0 Å². The van der Waals surface area contributed by atoms with Crippen LogP contribution in [-0.2, 0) is 0 Å². The Bertz CT molecular complexity index is 305. The molecular formula is C11H13IO. The highest BCUT2D eigenvalue weighted by atomic mass is 127. The van der Waals surface area contributed by atoms with E-state index in [2.05, 4.69) is 35.2 Å². The molecule has 0 unspecified atom stereocenters. The monoisotopic (exact) mass is 288 g/mol. The number of hydrogen-bond acceptors (Lipinski definition) is 1. The summed E-state index contributed by atoms with van der Waals surface area (Å²) in [5.41, 5.74) is 1.10. The molecule has 2 heteroatoms. The van der Waals surface area contributed by atoms with E-state index < -0.39 is 0 Å². The fourth-order valence-corrected chi connectivity index (χ4v) is 1.71. The summed E-state index contributed by atoms with van der Waals surface area (Å²) in [6.07, 6.45) is 2.05. The second-order valence-electron chi connectivity index (χ2n) is 3.09. The van der Waals surface area contributed by atoms with E-state index >= 15 is 0 Å². The summed E-state index contributed by atoms with van der Waals surface area (Å²) in [6, 6.07) is 6.09. The van der Waals surface area contributed by atoms with Crippen LogP contribution in [0.4, 0.5) is 0 Å². The molecule has 0 atom stereocenters. The van der Waals surface area contributed by atoms with Gasteiger partial charge in [0.15, 0.2) is 0 Å². The van der Waals surface area contributed by atoms with Crippen molar-refractivity contribution in [1.29, 1.82) is 0 Å². The molecule has 0 N–H and O–H groups in total. The van der Waals surface area contributed by atoms with Gasteiger partial charge in [-0.25, -0.2) is 0 Å². The summed E-state index contributed by atoms with van der Waals surface area (Å²) >= 11 is 2.27. The van der Waals surface area contributed by atoms with Gasteiger partial charge in [-0.15, -0.1) is 0 Å². The number of hydrogen-bond donors (Lipinski definition) is 0. The number of benzene rings is 1. The smallest absolute Gasteiger partial charge is 0.121 e. The van der Waals surface area contributed by atoms with Crippen LogP contribution in [-0.4, -0.2) is 6.10 Å². The maximum atomic E-state index is 5.58. The van der Waals surface area contributed by atoms with Gasteiger partial charge < -0.3 is 4.74 Å². The van der Waals surface area contributed by atoms with Crippen molar-refractivity contribution in [3.63, 3.8) is 0 Å². The van der Waals surface area contributed by atoms with Gasteiger partial charge in [0, 0.05) is 3.57 Å². The molecule has 0 bridgehead atoms. The Morgan fingerprint density at radius 1 is 1.38 bits per heavy atom. The molecule has 0 amide bonds. The molecule has 1 aromatic carbocycles. The van der Waals surface area contributed by atoms with E-state index in [4.69, 9.17) is 4.74 Å². The van der Waals surface area contributed by atoms with Crippen molar-refractivity contribution in [3.05, 3.63) is 33.9 Å². The zero-order valence-electron chi connectivity index (χ0n) is 7.88. The Morgan fingerprint density at radius 2 is 2.08 bits per heavy atom. The minimum Gasteiger partial charge on any atom is -0.491 e. The van der Waals surface area contributed by atoms with E-state index in [-0.39, 0.29) is 6.10 Å². The summed E-state index contributed by atoms with van der Waals surface area (Å²) in [4.78, 5) is 0. The van der Waals surface area contributed by atoms with Gasteiger partial charge in [0.25, 0.3) is 0 Å².